The maximum atomic E-state index is 12.8. The SMILES string of the molecule is CCCC(N1CCCCC1)N(C)S(=O)(=O)c1ccccc1. The Kier molecular flexibility index (Phi) is 5.79. The van der Waals surface area contributed by atoms with E-state index in [0.717, 1.165) is 25.9 Å². The average Bonchev–Trinajstić information content (AvgIpc) is 2.53. The Labute approximate surface area is 128 Å². The fourth-order valence-electron chi connectivity index (χ4n) is 2.99. The summed E-state index contributed by atoms with van der Waals surface area (Å²) in [5, 5.41) is 0. The second kappa shape index (κ2) is 7.38. The summed E-state index contributed by atoms with van der Waals surface area (Å²) in [7, 11) is -1.70. The lowest BCUT2D eigenvalue weighted by Gasteiger charge is -2.39. The van der Waals surface area contributed by atoms with E-state index < -0.39 is 10.0 Å². The molecule has 4 nitrogen and oxygen atoms in total. The van der Waals surface area contributed by atoms with Crippen LogP contribution in [-0.2, 0) is 10.0 Å². The number of piperidine rings is 1. The van der Waals surface area contributed by atoms with Crippen molar-refractivity contribution in [1.29, 1.82) is 0 Å². The third kappa shape index (κ3) is 3.84. The Morgan fingerprint density at radius 1 is 1.14 bits per heavy atom. The molecule has 0 amide bonds. The predicted molar refractivity (Wildman–Crippen MR) is 85.5 cm³/mol. The second-order valence-corrected chi connectivity index (χ2v) is 7.70. The Morgan fingerprint density at radius 2 is 1.76 bits per heavy atom. The maximum Gasteiger partial charge on any atom is 0.244 e. The summed E-state index contributed by atoms with van der Waals surface area (Å²) in [6, 6.07) is 8.73. The fraction of sp³-hybridized carbons (Fsp3) is 0.625. The lowest BCUT2D eigenvalue weighted by atomic mass is 10.1. The zero-order valence-electron chi connectivity index (χ0n) is 13.0. The van der Waals surface area contributed by atoms with Gasteiger partial charge in [0.1, 0.15) is 0 Å². The molecular formula is C16H26N2O2S. The van der Waals surface area contributed by atoms with E-state index in [2.05, 4.69) is 11.8 Å². The first-order valence-electron chi connectivity index (χ1n) is 7.84. The van der Waals surface area contributed by atoms with Crippen LogP contribution in [0.1, 0.15) is 39.0 Å². The van der Waals surface area contributed by atoms with Gasteiger partial charge in [-0.1, -0.05) is 38.0 Å². The summed E-state index contributed by atoms with van der Waals surface area (Å²) in [6.45, 7) is 4.11. The van der Waals surface area contributed by atoms with Gasteiger partial charge in [-0.15, -0.1) is 0 Å². The average molecular weight is 310 g/mol. The zero-order chi connectivity index (χ0) is 15.3. The van der Waals surface area contributed by atoms with Crippen LogP contribution in [0.25, 0.3) is 0 Å². The molecule has 1 heterocycles. The van der Waals surface area contributed by atoms with Crippen molar-refractivity contribution in [2.45, 2.75) is 50.1 Å². The van der Waals surface area contributed by atoms with Gasteiger partial charge in [-0.3, -0.25) is 4.90 Å². The highest BCUT2D eigenvalue weighted by atomic mass is 32.2. The summed E-state index contributed by atoms with van der Waals surface area (Å²) in [5.41, 5.74) is 0. The van der Waals surface area contributed by atoms with E-state index in [4.69, 9.17) is 0 Å². The van der Waals surface area contributed by atoms with Crippen molar-refractivity contribution in [3.63, 3.8) is 0 Å². The molecular weight excluding hydrogens is 284 g/mol. The van der Waals surface area contributed by atoms with Gasteiger partial charge in [0, 0.05) is 7.05 Å². The topological polar surface area (TPSA) is 40.6 Å². The first-order valence-corrected chi connectivity index (χ1v) is 9.28. The summed E-state index contributed by atoms with van der Waals surface area (Å²) in [5.74, 6) is 0. The van der Waals surface area contributed by atoms with Crippen LogP contribution >= 0.6 is 0 Å². The monoisotopic (exact) mass is 310 g/mol. The van der Waals surface area contributed by atoms with Crippen LogP contribution in [0.15, 0.2) is 35.2 Å². The lowest BCUT2D eigenvalue weighted by molar-refractivity contribution is 0.0850. The van der Waals surface area contributed by atoms with Gasteiger partial charge < -0.3 is 0 Å². The molecule has 0 spiro atoms. The molecule has 1 aliphatic heterocycles. The van der Waals surface area contributed by atoms with Crippen molar-refractivity contribution < 1.29 is 8.42 Å². The van der Waals surface area contributed by atoms with Crippen molar-refractivity contribution >= 4 is 10.0 Å². The van der Waals surface area contributed by atoms with Crippen molar-refractivity contribution in [3.8, 4) is 0 Å². The van der Waals surface area contributed by atoms with Gasteiger partial charge >= 0.3 is 0 Å². The van der Waals surface area contributed by atoms with Crippen molar-refractivity contribution in [2.24, 2.45) is 0 Å². The van der Waals surface area contributed by atoms with E-state index in [9.17, 15) is 8.42 Å². The van der Waals surface area contributed by atoms with Crippen LogP contribution in [-0.4, -0.2) is 43.9 Å². The smallest absolute Gasteiger partial charge is 0.244 e. The van der Waals surface area contributed by atoms with E-state index in [1.807, 2.05) is 6.07 Å². The van der Waals surface area contributed by atoms with E-state index in [-0.39, 0.29) is 6.17 Å². The highest BCUT2D eigenvalue weighted by molar-refractivity contribution is 7.89. The molecule has 0 bridgehead atoms. The molecule has 1 aromatic rings. The Hall–Kier alpha value is -0.910. The van der Waals surface area contributed by atoms with Crippen molar-refractivity contribution in [3.05, 3.63) is 30.3 Å². The van der Waals surface area contributed by atoms with Gasteiger partial charge in [0.25, 0.3) is 0 Å². The molecule has 1 fully saturated rings. The van der Waals surface area contributed by atoms with Crippen LogP contribution < -0.4 is 0 Å². The number of nitrogens with zero attached hydrogens (tertiary/aromatic N) is 2. The van der Waals surface area contributed by atoms with Crippen LogP contribution in [0.3, 0.4) is 0 Å². The molecule has 21 heavy (non-hydrogen) atoms. The van der Waals surface area contributed by atoms with E-state index in [0.29, 0.717) is 4.90 Å². The van der Waals surface area contributed by atoms with Gasteiger partial charge in [0.15, 0.2) is 0 Å². The molecule has 0 aromatic heterocycles. The number of likely N-dealkylation sites (tertiary alicyclic amines) is 1. The fourth-order valence-corrected chi connectivity index (χ4v) is 4.38. The first kappa shape index (κ1) is 16.5. The number of hydrogen-bond donors (Lipinski definition) is 0. The Balaban J connectivity index is 2.22. The quantitative estimate of drug-likeness (QED) is 0.811. The van der Waals surface area contributed by atoms with Gasteiger partial charge in [-0.2, -0.15) is 4.31 Å². The summed E-state index contributed by atoms with van der Waals surface area (Å²) in [6.07, 6.45) is 5.42. The molecule has 1 saturated heterocycles. The molecule has 1 atom stereocenters. The van der Waals surface area contributed by atoms with Crippen LogP contribution in [0.4, 0.5) is 0 Å². The summed E-state index contributed by atoms with van der Waals surface area (Å²) >= 11 is 0. The van der Waals surface area contributed by atoms with Gasteiger partial charge in [0.2, 0.25) is 10.0 Å². The molecule has 0 aliphatic carbocycles. The molecule has 0 N–H and O–H groups in total. The minimum atomic E-state index is -3.42. The largest absolute Gasteiger partial charge is 0.287 e. The molecule has 118 valence electrons. The maximum absolute atomic E-state index is 12.8. The number of rotatable bonds is 6. The minimum Gasteiger partial charge on any atom is -0.287 e. The predicted octanol–water partition coefficient (Wildman–Crippen LogP) is 2.92. The number of benzene rings is 1. The van der Waals surface area contributed by atoms with E-state index >= 15 is 0 Å². The number of sulfonamides is 1. The van der Waals surface area contributed by atoms with Crippen molar-refractivity contribution in [1.82, 2.24) is 9.21 Å². The van der Waals surface area contributed by atoms with Gasteiger partial charge in [0.05, 0.1) is 11.1 Å². The third-order valence-corrected chi connectivity index (χ3v) is 6.07. The normalized spacial score (nSPS) is 18.8. The second-order valence-electron chi connectivity index (χ2n) is 5.70. The van der Waals surface area contributed by atoms with Gasteiger partial charge in [-0.05, 0) is 44.5 Å². The standard InChI is InChI=1S/C16H26N2O2S/c1-3-10-16(18-13-8-5-9-14-18)17(2)21(19,20)15-11-6-4-7-12-15/h4,6-7,11-12,16H,3,5,8-10,13-14H2,1-2H3. The molecule has 0 radical (unpaired) electrons. The molecule has 0 saturated carbocycles. The number of hydrogen-bond acceptors (Lipinski definition) is 3. The molecule has 1 aliphatic rings. The van der Waals surface area contributed by atoms with Crippen molar-refractivity contribution in [2.75, 3.05) is 20.1 Å². The minimum absolute atomic E-state index is 0.0273. The van der Waals surface area contributed by atoms with Crippen LogP contribution in [0.5, 0.6) is 0 Å². The Morgan fingerprint density at radius 3 is 2.33 bits per heavy atom. The third-order valence-electron chi connectivity index (χ3n) is 4.20. The lowest BCUT2D eigenvalue weighted by Crippen LogP contribution is -2.50. The van der Waals surface area contributed by atoms with Gasteiger partial charge in [-0.25, -0.2) is 8.42 Å². The van der Waals surface area contributed by atoms with Crippen LogP contribution in [0, 0.1) is 0 Å². The van der Waals surface area contributed by atoms with E-state index in [1.54, 1.807) is 35.6 Å². The summed E-state index contributed by atoms with van der Waals surface area (Å²) in [4.78, 5) is 2.71. The van der Waals surface area contributed by atoms with E-state index in [1.165, 1.54) is 19.3 Å². The summed E-state index contributed by atoms with van der Waals surface area (Å²) < 4.78 is 27.1. The first-order chi connectivity index (χ1) is 10.1. The highest BCUT2D eigenvalue weighted by Gasteiger charge is 2.31. The zero-order valence-corrected chi connectivity index (χ0v) is 13.8. The Bertz CT molecular complexity index is 524. The highest BCUT2D eigenvalue weighted by Crippen LogP contribution is 2.23. The molecule has 1 unspecified atom stereocenters. The van der Waals surface area contributed by atoms with Crippen LogP contribution in [0.2, 0.25) is 0 Å². The molecule has 5 heteroatoms. The molecule has 2 rings (SSSR count). The molecule has 1 aromatic carbocycles.